The molecule has 0 fully saturated rings. The molecule has 0 aromatic carbocycles. The number of carbonyl (C=O) groups is 2. The smallest absolute Gasteiger partial charge is 0.309 e. The molecule has 1 aromatic heterocycles. The van der Waals surface area contributed by atoms with Crippen molar-refractivity contribution in [2.75, 3.05) is 0 Å². The van der Waals surface area contributed by atoms with Crippen LogP contribution in [0.5, 0.6) is 0 Å². The van der Waals surface area contributed by atoms with Crippen molar-refractivity contribution in [3.63, 3.8) is 0 Å². The lowest BCUT2D eigenvalue weighted by Crippen LogP contribution is -2.49. The molecule has 0 saturated heterocycles. The number of Topliss-reactive ketones (excluding diaryl/α,β-unsaturated/α-hetero) is 1. The highest BCUT2D eigenvalue weighted by Crippen LogP contribution is 2.35. The van der Waals surface area contributed by atoms with Gasteiger partial charge in [0.25, 0.3) is 0 Å². The Balaban J connectivity index is 3.27. The maximum Gasteiger partial charge on any atom is 0.309 e. The van der Waals surface area contributed by atoms with Gasteiger partial charge in [-0.2, -0.15) is 0 Å². The van der Waals surface area contributed by atoms with Crippen molar-refractivity contribution in [3.8, 4) is 0 Å². The van der Waals surface area contributed by atoms with Gasteiger partial charge in [0.05, 0.1) is 23.2 Å². The zero-order valence-electron chi connectivity index (χ0n) is 24.6. The van der Waals surface area contributed by atoms with Crippen molar-refractivity contribution in [3.05, 3.63) is 46.0 Å². The van der Waals surface area contributed by atoms with E-state index in [2.05, 4.69) is 45.3 Å². The standard InChI is InChI=1S/C30H49NO4SSi/c1-11-16-22(6)17-18-26(23(7)19-25-21-36-24(8)31-25)34-29(33)20-28(30(9,10)27(32)12-2)35-37(13-3,14-4)15-5/h11,17,19,21,26,28H,1,12-16,18,20H2,2-10H3/b22-17-,23-19+/t26?,28-/m0/s1. The van der Waals surface area contributed by atoms with Gasteiger partial charge >= 0.3 is 5.97 Å². The van der Waals surface area contributed by atoms with Crippen molar-refractivity contribution in [2.45, 2.75) is 118 Å². The molecule has 1 unspecified atom stereocenters. The summed E-state index contributed by atoms with van der Waals surface area (Å²) in [4.78, 5) is 30.9. The SMILES string of the molecule is C=CC/C(C)=C\CC(OC(=O)C[C@H](O[Si](CC)(CC)CC)C(C)(C)C(=O)CC)/C(C)=C/c1csc(C)n1. The maximum atomic E-state index is 13.4. The molecule has 0 bridgehead atoms. The van der Waals surface area contributed by atoms with Crippen LogP contribution in [0.2, 0.25) is 18.1 Å². The Hall–Kier alpha value is -1.83. The predicted molar refractivity (Wildman–Crippen MR) is 159 cm³/mol. The first-order valence-corrected chi connectivity index (χ1v) is 17.1. The Morgan fingerprint density at radius 1 is 1.16 bits per heavy atom. The summed E-state index contributed by atoms with van der Waals surface area (Å²) >= 11 is 1.59. The van der Waals surface area contributed by atoms with E-state index >= 15 is 0 Å². The third kappa shape index (κ3) is 10.1. The van der Waals surface area contributed by atoms with Gasteiger partial charge in [-0.25, -0.2) is 4.98 Å². The minimum Gasteiger partial charge on any atom is -0.457 e. The molecule has 0 N–H and O–H groups in total. The first-order valence-electron chi connectivity index (χ1n) is 13.6. The van der Waals surface area contributed by atoms with Crippen LogP contribution >= 0.6 is 11.3 Å². The number of ketones is 1. The van der Waals surface area contributed by atoms with Crippen LogP contribution < -0.4 is 0 Å². The Labute approximate surface area is 230 Å². The highest BCUT2D eigenvalue weighted by atomic mass is 32.1. The molecule has 0 spiro atoms. The van der Waals surface area contributed by atoms with Gasteiger partial charge in [-0.3, -0.25) is 9.59 Å². The number of aryl methyl sites for hydroxylation is 1. The Morgan fingerprint density at radius 2 is 1.78 bits per heavy atom. The largest absolute Gasteiger partial charge is 0.457 e. The van der Waals surface area contributed by atoms with E-state index in [1.165, 1.54) is 5.57 Å². The quantitative estimate of drug-likeness (QED) is 0.111. The third-order valence-corrected chi connectivity index (χ3v) is 12.9. The lowest BCUT2D eigenvalue weighted by molar-refractivity contribution is -0.152. The lowest BCUT2D eigenvalue weighted by Gasteiger charge is -2.40. The van der Waals surface area contributed by atoms with Gasteiger partial charge in [-0.15, -0.1) is 17.9 Å². The molecule has 0 amide bonds. The van der Waals surface area contributed by atoms with Gasteiger partial charge in [-0.1, -0.05) is 59.3 Å². The van der Waals surface area contributed by atoms with E-state index in [9.17, 15) is 9.59 Å². The minimum atomic E-state index is -2.06. The van der Waals surface area contributed by atoms with Gasteiger partial charge in [0.1, 0.15) is 11.9 Å². The summed E-state index contributed by atoms with van der Waals surface area (Å²) in [6, 6.07) is 2.85. The number of ether oxygens (including phenoxy) is 1. The van der Waals surface area contributed by atoms with Crippen LogP contribution in [0.25, 0.3) is 6.08 Å². The number of rotatable bonds is 17. The van der Waals surface area contributed by atoms with E-state index in [1.807, 2.05) is 52.2 Å². The van der Waals surface area contributed by atoms with Crippen molar-refractivity contribution in [1.29, 1.82) is 0 Å². The number of nitrogens with zero attached hydrogens (tertiary/aromatic N) is 1. The normalized spacial score (nSPS) is 14.8. The summed E-state index contributed by atoms with van der Waals surface area (Å²) < 4.78 is 12.9. The summed E-state index contributed by atoms with van der Waals surface area (Å²) in [7, 11) is -2.06. The summed E-state index contributed by atoms with van der Waals surface area (Å²) in [6.45, 7) is 22.0. The van der Waals surface area contributed by atoms with Crippen molar-refractivity contribution in [1.82, 2.24) is 4.98 Å². The fourth-order valence-electron chi connectivity index (χ4n) is 4.46. The molecule has 208 valence electrons. The highest BCUT2D eigenvalue weighted by molar-refractivity contribution is 7.09. The summed E-state index contributed by atoms with van der Waals surface area (Å²) in [5.41, 5.74) is 2.20. The van der Waals surface area contributed by atoms with Crippen LogP contribution in [-0.4, -0.2) is 37.3 Å². The van der Waals surface area contributed by atoms with Gasteiger partial charge < -0.3 is 9.16 Å². The number of carbonyl (C=O) groups excluding carboxylic acids is 2. The first-order chi connectivity index (χ1) is 17.4. The maximum absolute atomic E-state index is 13.4. The van der Waals surface area contributed by atoms with Gasteiger partial charge in [0.15, 0.2) is 8.32 Å². The number of esters is 1. The Morgan fingerprint density at radius 3 is 2.27 bits per heavy atom. The second-order valence-corrected chi connectivity index (χ2v) is 16.3. The number of allylic oxidation sites excluding steroid dienone is 2. The number of hydrogen-bond donors (Lipinski definition) is 0. The average Bonchev–Trinajstić information content (AvgIpc) is 3.28. The molecule has 7 heteroatoms. The topological polar surface area (TPSA) is 65.5 Å². The highest BCUT2D eigenvalue weighted by Gasteiger charge is 2.43. The average molecular weight is 548 g/mol. The van der Waals surface area contributed by atoms with E-state index in [4.69, 9.17) is 9.16 Å². The molecular formula is C30H49NO4SSi. The van der Waals surface area contributed by atoms with Crippen LogP contribution in [0, 0.1) is 12.3 Å². The lowest BCUT2D eigenvalue weighted by atomic mass is 9.79. The molecule has 5 nitrogen and oxygen atoms in total. The summed E-state index contributed by atoms with van der Waals surface area (Å²) in [5, 5.41) is 3.00. The molecule has 2 atom stereocenters. The van der Waals surface area contributed by atoms with Gasteiger partial charge in [0.2, 0.25) is 0 Å². The van der Waals surface area contributed by atoms with Crippen LogP contribution in [0.4, 0.5) is 0 Å². The van der Waals surface area contributed by atoms with Gasteiger partial charge in [-0.05, 0) is 57.0 Å². The summed E-state index contributed by atoms with van der Waals surface area (Å²) in [6.07, 6.45) is 6.84. The van der Waals surface area contributed by atoms with Crippen LogP contribution in [0.15, 0.2) is 35.3 Å². The van der Waals surface area contributed by atoms with E-state index < -0.39 is 25.9 Å². The molecule has 37 heavy (non-hydrogen) atoms. The van der Waals surface area contributed by atoms with E-state index in [1.54, 1.807) is 11.3 Å². The fourth-order valence-corrected chi connectivity index (χ4v) is 8.01. The molecule has 0 aliphatic heterocycles. The zero-order chi connectivity index (χ0) is 28.2. The molecule has 1 aromatic rings. The summed E-state index contributed by atoms with van der Waals surface area (Å²) in [5.74, 6) is -0.235. The number of aromatic nitrogens is 1. The number of hydrogen-bond acceptors (Lipinski definition) is 6. The molecule has 0 radical (unpaired) electrons. The fraction of sp³-hybridized carbons (Fsp3) is 0.633. The van der Waals surface area contributed by atoms with Crippen molar-refractivity contribution in [2.24, 2.45) is 5.41 Å². The molecule has 0 saturated carbocycles. The van der Waals surface area contributed by atoms with E-state index in [-0.39, 0.29) is 18.2 Å². The monoisotopic (exact) mass is 547 g/mol. The Bertz CT molecular complexity index is 950. The van der Waals surface area contributed by atoms with Crippen LogP contribution in [0.3, 0.4) is 0 Å². The second-order valence-electron chi connectivity index (χ2n) is 10.5. The van der Waals surface area contributed by atoms with E-state index in [0.29, 0.717) is 12.8 Å². The van der Waals surface area contributed by atoms with Crippen LogP contribution in [-0.2, 0) is 18.8 Å². The molecule has 1 rings (SSSR count). The van der Waals surface area contributed by atoms with Crippen molar-refractivity contribution >= 4 is 37.5 Å². The van der Waals surface area contributed by atoms with Crippen molar-refractivity contribution < 1.29 is 18.8 Å². The molecule has 1 heterocycles. The zero-order valence-corrected chi connectivity index (χ0v) is 26.4. The first kappa shape index (κ1) is 33.2. The Kier molecular flexibility index (Phi) is 13.9. The van der Waals surface area contributed by atoms with Gasteiger partial charge in [0, 0.05) is 23.6 Å². The molecule has 0 aliphatic rings. The second kappa shape index (κ2) is 15.5. The third-order valence-electron chi connectivity index (χ3n) is 7.46. The van der Waals surface area contributed by atoms with E-state index in [0.717, 1.165) is 40.8 Å². The minimum absolute atomic E-state index is 0.0580. The number of thiazole rings is 1. The predicted octanol–water partition coefficient (Wildman–Crippen LogP) is 8.46. The van der Waals surface area contributed by atoms with Crippen LogP contribution in [0.1, 0.15) is 91.8 Å². The molecular weight excluding hydrogens is 498 g/mol. The molecule has 0 aliphatic carbocycles.